The van der Waals surface area contributed by atoms with Crippen LogP contribution in [0.3, 0.4) is 0 Å². The van der Waals surface area contributed by atoms with E-state index < -0.39 is 22.2 Å². The van der Waals surface area contributed by atoms with Gasteiger partial charge in [0.1, 0.15) is 6.04 Å². The third kappa shape index (κ3) is 6.56. The first-order chi connectivity index (χ1) is 17.5. The van der Waals surface area contributed by atoms with E-state index in [2.05, 4.69) is 15.6 Å². The van der Waals surface area contributed by atoms with Crippen LogP contribution in [0.4, 0.5) is 0 Å². The Labute approximate surface area is 218 Å². The van der Waals surface area contributed by atoms with Crippen LogP contribution in [0, 0.1) is 5.92 Å². The summed E-state index contributed by atoms with van der Waals surface area (Å²) in [6.07, 6.45) is 3.43. The number of hydrogen-bond acceptors (Lipinski definition) is 7. The Morgan fingerprint density at radius 3 is 2.43 bits per heavy atom. The molecule has 202 valence electrons. The number of aromatic nitrogens is 1. The molecule has 1 aromatic heterocycles. The van der Waals surface area contributed by atoms with Gasteiger partial charge in [-0.05, 0) is 36.1 Å². The molecule has 0 fully saturated rings. The molecule has 0 saturated carbocycles. The molecule has 0 aliphatic carbocycles. The monoisotopic (exact) mass is 533 g/mol. The number of rotatable bonds is 6. The Morgan fingerprint density at radius 1 is 1.11 bits per heavy atom. The molecule has 0 radical (unpaired) electrons. The number of methoxy groups -OCH3 is 2. The third-order valence-corrected chi connectivity index (χ3v) is 7.87. The number of fused-ring (bicyclic) bond motifs is 5. The number of pyridine rings is 1. The van der Waals surface area contributed by atoms with Crippen molar-refractivity contribution in [1.82, 2.24) is 24.2 Å². The van der Waals surface area contributed by atoms with E-state index >= 15 is 0 Å². The highest BCUT2D eigenvalue weighted by Gasteiger charge is 2.28. The van der Waals surface area contributed by atoms with Gasteiger partial charge in [-0.15, -0.1) is 0 Å². The Bertz CT molecular complexity index is 1250. The van der Waals surface area contributed by atoms with Crippen LogP contribution in [-0.2, 0) is 21.5 Å². The number of carbonyl (C=O) groups excluding carboxylic acids is 2. The summed E-state index contributed by atoms with van der Waals surface area (Å²) in [5, 5.41) is 5.59. The van der Waals surface area contributed by atoms with Gasteiger partial charge in [0, 0.05) is 57.3 Å². The fourth-order valence-corrected chi connectivity index (χ4v) is 5.22. The highest BCUT2D eigenvalue weighted by atomic mass is 32.2. The average Bonchev–Trinajstić information content (AvgIpc) is 2.86. The minimum atomic E-state index is -3.83. The number of benzene rings is 1. The molecule has 2 amide bonds. The van der Waals surface area contributed by atoms with Crippen molar-refractivity contribution >= 4 is 22.0 Å². The van der Waals surface area contributed by atoms with Gasteiger partial charge in [0.05, 0.1) is 19.8 Å². The normalized spacial score (nSPS) is 17.6. The largest absolute Gasteiger partial charge is 0.493 e. The first kappa shape index (κ1) is 28.4. The molecular weight excluding hydrogens is 498 g/mol. The lowest BCUT2D eigenvalue weighted by Crippen LogP contribution is -2.49. The third-order valence-electron chi connectivity index (χ3n) is 5.99. The van der Waals surface area contributed by atoms with Crippen LogP contribution in [0.15, 0.2) is 30.6 Å². The molecule has 2 N–H and O–H groups in total. The molecule has 3 rings (SSSR count). The SMILES string of the molecule is COc1cc2cc(c1OC)-c1cncc(c1)C(=O)N[C@H](CC(C)C)C(=O)NCCN(S(=O)(=O)N(C)C)C2. The molecule has 11 nitrogen and oxygen atoms in total. The maximum Gasteiger partial charge on any atom is 0.281 e. The summed E-state index contributed by atoms with van der Waals surface area (Å²) in [6.45, 7) is 4.01. The summed E-state index contributed by atoms with van der Waals surface area (Å²) in [5.41, 5.74) is 2.07. The molecule has 0 spiro atoms. The second kappa shape index (κ2) is 11.9. The quantitative estimate of drug-likeness (QED) is 0.577. The Hall–Kier alpha value is -3.22. The van der Waals surface area contributed by atoms with Crippen molar-refractivity contribution in [3.05, 3.63) is 41.7 Å². The molecule has 0 unspecified atom stereocenters. The predicted octanol–water partition coefficient (Wildman–Crippen LogP) is 1.65. The second-order valence-electron chi connectivity index (χ2n) is 9.41. The standard InChI is InChI=1S/C25H35N5O6S/c1-16(2)9-21-25(32)27-7-8-30(37(33,34)29(3)4)15-17-10-20(23(36-6)22(11-17)35-5)18-12-19(14-26-13-18)24(31)28-21/h10-14,16,21H,7-9,15H2,1-6H3,(H,27,32)(H,28,31)/t21-/m1/s1. The number of nitrogens with one attached hydrogen (secondary N) is 2. The minimum absolute atomic E-state index is 0.0173. The second-order valence-corrected chi connectivity index (χ2v) is 11.6. The van der Waals surface area contributed by atoms with Crippen LogP contribution in [0.5, 0.6) is 11.5 Å². The highest BCUT2D eigenvalue weighted by molar-refractivity contribution is 7.86. The summed E-state index contributed by atoms with van der Waals surface area (Å²) >= 11 is 0. The van der Waals surface area contributed by atoms with Gasteiger partial charge in [-0.2, -0.15) is 17.0 Å². The van der Waals surface area contributed by atoms with Crippen LogP contribution in [0.1, 0.15) is 36.2 Å². The molecule has 1 aromatic carbocycles. The van der Waals surface area contributed by atoms with E-state index in [4.69, 9.17) is 9.47 Å². The van der Waals surface area contributed by atoms with Crippen molar-refractivity contribution in [2.45, 2.75) is 32.9 Å². The van der Waals surface area contributed by atoms with Gasteiger partial charge >= 0.3 is 0 Å². The smallest absolute Gasteiger partial charge is 0.281 e. The first-order valence-corrected chi connectivity index (χ1v) is 13.3. The molecule has 1 atom stereocenters. The first-order valence-electron chi connectivity index (χ1n) is 11.9. The van der Waals surface area contributed by atoms with Crippen LogP contribution in [0.2, 0.25) is 0 Å². The maximum absolute atomic E-state index is 13.1. The fraction of sp³-hybridized carbons (Fsp3) is 0.480. The van der Waals surface area contributed by atoms with Gasteiger partial charge in [-0.25, -0.2) is 0 Å². The number of nitrogens with zero attached hydrogens (tertiary/aromatic N) is 3. The van der Waals surface area contributed by atoms with Gasteiger partial charge in [0.2, 0.25) is 5.91 Å². The lowest BCUT2D eigenvalue weighted by atomic mass is 10.00. The number of ether oxygens (including phenoxy) is 2. The van der Waals surface area contributed by atoms with Crippen molar-refractivity contribution in [1.29, 1.82) is 0 Å². The van der Waals surface area contributed by atoms with E-state index in [1.165, 1.54) is 38.8 Å². The minimum Gasteiger partial charge on any atom is -0.493 e. The van der Waals surface area contributed by atoms with Gasteiger partial charge in [0.15, 0.2) is 11.5 Å². The molecule has 2 aromatic rings. The number of hydrogen-bond donors (Lipinski definition) is 2. The van der Waals surface area contributed by atoms with Crippen molar-refractivity contribution < 1.29 is 27.5 Å². The molecule has 37 heavy (non-hydrogen) atoms. The van der Waals surface area contributed by atoms with Gasteiger partial charge in [-0.3, -0.25) is 14.6 Å². The molecule has 2 heterocycles. The van der Waals surface area contributed by atoms with E-state index in [-0.39, 0.29) is 37.0 Å². The van der Waals surface area contributed by atoms with E-state index in [1.54, 1.807) is 24.4 Å². The number of amides is 2. The van der Waals surface area contributed by atoms with E-state index in [0.29, 0.717) is 34.6 Å². The lowest BCUT2D eigenvalue weighted by Gasteiger charge is -2.27. The summed E-state index contributed by atoms with van der Waals surface area (Å²) in [4.78, 5) is 30.4. The van der Waals surface area contributed by atoms with Crippen molar-refractivity contribution in [3.8, 4) is 22.6 Å². The van der Waals surface area contributed by atoms with Crippen LogP contribution >= 0.6 is 0 Å². The summed E-state index contributed by atoms with van der Waals surface area (Å²) in [7, 11) is 2.08. The van der Waals surface area contributed by atoms with Crippen LogP contribution < -0.4 is 20.1 Å². The maximum atomic E-state index is 13.1. The molecule has 12 heteroatoms. The zero-order chi connectivity index (χ0) is 27.3. The summed E-state index contributed by atoms with van der Waals surface area (Å²) in [6, 6.07) is 4.36. The van der Waals surface area contributed by atoms with Gasteiger partial charge in [-0.1, -0.05) is 13.8 Å². The van der Waals surface area contributed by atoms with E-state index in [9.17, 15) is 18.0 Å². The highest BCUT2D eigenvalue weighted by Crippen LogP contribution is 2.39. The predicted molar refractivity (Wildman–Crippen MR) is 140 cm³/mol. The van der Waals surface area contributed by atoms with Gasteiger partial charge < -0.3 is 20.1 Å². The lowest BCUT2D eigenvalue weighted by molar-refractivity contribution is -0.123. The molecule has 4 bridgehead atoms. The topological polar surface area (TPSA) is 130 Å². The van der Waals surface area contributed by atoms with Crippen molar-refractivity contribution in [3.63, 3.8) is 0 Å². The van der Waals surface area contributed by atoms with Crippen molar-refractivity contribution in [2.24, 2.45) is 5.92 Å². The zero-order valence-electron chi connectivity index (χ0n) is 22.1. The fourth-order valence-electron chi connectivity index (χ4n) is 4.12. The molecule has 1 aliphatic rings. The van der Waals surface area contributed by atoms with Crippen LogP contribution in [0.25, 0.3) is 11.1 Å². The average molecular weight is 534 g/mol. The Morgan fingerprint density at radius 2 is 1.81 bits per heavy atom. The van der Waals surface area contributed by atoms with E-state index in [0.717, 1.165) is 4.31 Å². The molecule has 0 saturated heterocycles. The van der Waals surface area contributed by atoms with E-state index in [1.807, 2.05) is 13.8 Å². The molecule has 1 aliphatic heterocycles. The van der Waals surface area contributed by atoms with Crippen molar-refractivity contribution in [2.75, 3.05) is 41.4 Å². The summed E-state index contributed by atoms with van der Waals surface area (Å²) in [5.74, 6) is 0.135. The number of carbonyl (C=O) groups is 2. The molecular formula is C25H35N5O6S. The summed E-state index contributed by atoms with van der Waals surface area (Å²) < 4.78 is 39.9. The Kier molecular flexibility index (Phi) is 9.11. The van der Waals surface area contributed by atoms with Crippen LogP contribution in [-0.4, -0.2) is 81.3 Å². The zero-order valence-corrected chi connectivity index (χ0v) is 22.9. The Balaban J connectivity index is 2.19. The van der Waals surface area contributed by atoms with Gasteiger partial charge in [0.25, 0.3) is 16.1 Å².